The zero-order valence-electron chi connectivity index (χ0n) is 18.5. The topological polar surface area (TPSA) is 55.3 Å². The summed E-state index contributed by atoms with van der Waals surface area (Å²) in [6, 6.07) is 4.17. The first-order valence-electron chi connectivity index (χ1n) is 11.0. The summed E-state index contributed by atoms with van der Waals surface area (Å²) in [5, 5.41) is 0.563. The summed E-state index contributed by atoms with van der Waals surface area (Å²) in [6.07, 6.45) is 6.67. The predicted molar refractivity (Wildman–Crippen MR) is 122 cm³/mol. The van der Waals surface area contributed by atoms with Crippen molar-refractivity contribution in [1.29, 1.82) is 0 Å². The third kappa shape index (κ3) is 4.99. The molecule has 1 atom stereocenters. The van der Waals surface area contributed by atoms with Crippen LogP contribution in [0.2, 0.25) is 5.02 Å². The third-order valence-corrected chi connectivity index (χ3v) is 6.51. The predicted octanol–water partition coefficient (Wildman–Crippen LogP) is 5.32. The first-order chi connectivity index (χ1) is 14.8. The van der Waals surface area contributed by atoms with Crippen molar-refractivity contribution >= 4 is 17.4 Å². The molecule has 3 heterocycles. The van der Waals surface area contributed by atoms with Crippen LogP contribution in [0.1, 0.15) is 62.0 Å². The zero-order chi connectivity index (χ0) is 22.1. The van der Waals surface area contributed by atoms with Crippen LogP contribution in [0.4, 0.5) is 0 Å². The Morgan fingerprint density at radius 2 is 2.06 bits per heavy atom. The molecule has 0 saturated heterocycles. The molecule has 2 aromatic heterocycles. The number of Topliss-reactive ketones (excluding diaryl/α,β-unsaturated/α-hetero) is 1. The van der Waals surface area contributed by atoms with Gasteiger partial charge in [-0.3, -0.25) is 14.7 Å². The van der Waals surface area contributed by atoms with E-state index in [2.05, 4.69) is 34.4 Å². The van der Waals surface area contributed by atoms with Crippen LogP contribution in [0.5, 0.6) is 5.88 Å². The molecule has 1 saturated carbocycles. The fraction of sp³-hybridized carbons (Fsp3) is 0.480. The molecule has 0 N–H and O–H groups in total. The Morgan fingerprint density at radius 1 is 1.29 bits per heavy atom. The van der Waals surface area contributed by atoms with Crippen LogP contribution in [0.3, 0.4) is 0 Å². The van der Waals surface area contributed by atoms with Gasteiger partial charge in [-0.25, -0.2) is 4.98 Å². The van der Waals surface area contributed by atoms with Crippen molar-refractivity contribution in [3.05, 3.63) is 64.1 Å². The van der Waals surface area contributed by atoms with E-state index in [1.807, 2.05) is 32.3 Å². The summed E-state index contributed by atoms with van der Waals surface area (Å²) in [5.41, 5.74) is 5.09. The summed E-state index contributed by atoms with van der Waals surface area (Å²) in [4.78, 5) is 23.7. The van der Waals surface area contributed by atoms with E-state index in [0.717, 1.165) is 24.3 Å². The van der Waals surface area contributed by atoms with Gasteiger partial charge in [0.05, 0.1) is 6.61 Å². The SMILES string of the molecule is C=C(Cc1nccc2c1CN(C(C)c1cnc(OCC3CC3)c(Cl)c1)C2)C(=O)C(C)C. The lowest BCUT2D eigenvalue weighted by molar-refractivity contribution is -0.118. The number of halogens is 1. The maximum Gasteiger partial charge on any atom is 0.232 e. The van der Waals surface area contributed by atoms with Gasteiger partial charge in [0.1, 0.15) is 5.02 Å². The molecule has 0 bridgehead atoms. The number of pyridine rings is 2. The highest BCUT2D eigenvalue weighted by atomic mass is 35.5. The number of hydrogen-bond donors (Lipinski definition) is 0. The van der Waals surface area contributed by atoms with Gasteiger partial charge in [0.25, 0.3) is 0 Å². The Hall–Kier alpha value is -2.24. The number of rotatable bonds is 9. The smallest absolute Gasteiger partial charge is 0.232 e. The molecule has 0 spiro atoms. The van der Waals surface area contributed by atoms with Crippen LogP contribution in [0, 0.1) is 11.8 Å². The average Bonchev–Trinajstić information content (AvgIpc) is 3.47. The van der Waals surface area contributed by atoms with Crippen LogP contribution >= 0.6 is 11.6 Å². The maximum absolute atomic E-state index is 12.3. The highest BCUT2D eigenvalue weighted by Crippen LogP contribution is 2.35. The van der Waals surface area contributed by atoms with Gasteiger partial charge in [0.15, 0.2) is 5.78 Å². The molecule has 4 rings (SSSR count). The molecule has 2 aromatic rings. The van der Waals surface area contributed by atoms with Gasteiger partial charge in [0.2, 0.25) is 5.88 Å². The van der Waals surface area contributed by atoms with E-state index in [1.165, 1.54) is 24.0 Å². The number of allylic oxidation sites excluding steroid dienone is 1. The van der Waals surface area contributed by atoms with Crippen molar-refractivity contribution in [2.24, 2.45) is 11.8 Å². The van der Waals surface area contributed by atoms with Gasteiger partial charge in [-0.15, -0.1) is 0 Å². The number of aromatic nitrogens is 2. The van der Waals surface area contributed by atoms with Crippen molar-refractivity contribution in [3.63, 3.8) is 0 Å². The molecule has 0 aromatic carbocycles. The van der Waals surface area contributed by atoms with Crippen molar-refractivity contribution in [2.75, 3.05) is 6.61 Å². The largest absolute Gasteiger partial charge is 0.476 e. The molecular formula is C25H30ClN3O2. The van der Waals surface area contributed by atoms with Gasteiger partial charge in [-0.2, -0.15) is 0 Å². The lowest BCUT2D eigenvalue weighted by atomic mass is 9.96. The normalized spacial score (nSPS) is 16.9. The molecule has 1 unspecified atom stereocenters. The van der Waals surface area contributed by atoms with E-state index < -0.39 is 0 Å². The number of nitrogens with zero attached hydrogens (tertiary/aromatic N) is 3. The second-order valence-electron chi connectivity index (χ2n) is 9.09. The summed E-state index contributed by atoms with van der Waals surface area (Å²) >= 11 is 6.45. The lowest BCUT2D eigenvalue weighted by Gasteiger charge is -2.24. The number of hydrogen-bond acceptors (Lipinski definition) is 5. The van der Waals surface area contributed by atoms with E-state index in [4.69, 9.17) is 16.3 Å². The van der Waals surface area contributed by atoms with Crippen molar-refractivity contribution in [3.8, 4) is 5.88 Å². The van der Waals surface area contributed by atoms with E-state index >= 15 is 0 Å². The van der Waals surface area contributed by atoms with Crippen LogP contribution in [-0.2, 0) is 24.3 Å². The molecular weight excluding hydrogens is 410 g/mol. The van der Waals surface area contributed by atoms with Crippen molar-refractivity contribution in [2.45, 2.75) is 59.2 Å². The van der Waals surface area contributed by atoms with Gasteiger partial charge in [-0.1, -0.05) is 32.0 Å². The quantitative estimate of drug-likeness (QED) is 0.495. The van der Waals surface area contributed by atoms with Gasteiger partial charge >= 0.3 is 0 Å². The van der Waals surface area contributed by atoms with Gasteiger partial charge in [0, 0.05) is 49.6 Å². The highest BCUT2D eigenvalue weighted by molar-refractivity contribution is 6.31. The van der Waals surface area contributed by atoms with Crippen molar-refractivity contribution < 1.29 is 9.53 Å². The van der Waals surface area contributed by atoms with Crippen LogP contribution in [0.15, 0.2) is 36.7 Å². The molecule has 1 aliphatic heterocycles. The van der Waals surface area contributed by atoms with E-state index in [9.17, 15) is 4.79 Å². The minimum Gasteiger partial charge on any atom is -0.476 e. The number of ether oxygens (including phenoxy) is 1. The van der Waals surface area contributed by atoms with E-state index in [-0.39, 0.29) is 17.7 Å². The molecule has 0 amide bonds. The Morgan fingerprint density at radius 3 is 2.74 bits per heavy atom. The minimum atomic E-state index is -0.0470. The summed E-state index contributed by atoms with van der Waals surface area (Å²) in [6.45, 7) is 12.3. The first kappa shape index (κ1) is 22.0. The second-order valence-corrected chi connectivity index (χ2v) is 9.49. The molecule has 1 aliphatic carbocycles. The fourth-order valence-electron chi connectivity index (χ4n) is 3.99. The van der Waals surface area contributed by atoms with Crippen LogP contribution in [0.25, 0.3) is 0 Å². The lowest BCUT2D eigenvalue weighted by Crippen LogP contribution is -2.21. The van der Waals surface area contributed by atoms with Gasteiger partial charge in [-0.05, 0) is 60.1 Å². The van der Waals surface area contributed by atoms with E-state index in [0.29, 0.717) is 35.4 Å². The second kappa shape index (κ2) is 9.09. The fourth-order valence-corrected chi connectivity index (χ4v) is 4.22. The Bertz CT molecular complexity index is 1000. The van der Waals surface area contributed by atoms with Crippen LogP contribution in [-0.4, -0.2) is 27.3 Å². The molecule has 5 nitrogen and oxygen atoms in total. The Labute approximate surface area is 189 Å². The standard InChI is InChI=1S/C25H30ClN3O2/c1-15(2)24(30)16(3)9-23-21-13-29(12-19(21)7-8-27-23)17(4)20-10-22(26)25(28-11-20)31-14-18-5-6-18/h7-8,10-11,15,17-18H,3,5-6,9,12-14H2,1-2,4H3. The number of carbonyl (C=O) groups is 1. The van der Waals surface area contributed by atoms with Gasteiger partial charge < -0.3 is 4.74 Å². The van der Waals surface area contributed by atoms with Crippen molar-refractivity contribution in [1.82, 2.24) is 14.9 Å². The average molecular weight is 440 g/mol. The zero-order valence-corrected chi connectivity index (χ0v) is 19.3. The molecule has 6 heteroatoms. The summed E-state index contributed by atoms with van der Waals surface area (Å²) in [5.74, 6) is 1.24. The molecule has 1 fully saturated rings. The van der Waals surface area contributed by atoms with E-state index in [1.54, 1.807) is 0 Å². The summed E-state index contributed by atoms with van der Waals surface area (Å²) in [7, 11) is 0. The molecule has 31 heavy (non-hydrogen) atoms. The third-order valence-electron chi connectivity index (χ3n) is 6.24. The monoisotopic (exact) mass is 439 g/mol. The highest BCUT2D eigenvalue weighted by Gasteiger charge is 2.28. The molecule has 2 aliphatic rings. The maximum atomic E-state index is 12.3. The Kier molecular flexibility index (Phi) is 6.44. The Balaban J connectivity index is 1.45. The van der Waals surface area contributed by atoms with Crippen LogP contribution < -0.4 is 4.74 Å². The number of fused-ring (bicyclic) bond motifs is 1. The number of ketones is 1. The minimum absolute atomic E-state index is 0.0470. The molecule has 164 valence electrons. The molecule has 0 radical (unpaired) electrons. The summed E-state index contributed by atoms with van der Waals surface area (Å²) < 4.78 is 5.76. The first-order valence-corrected chi connectivity index (χ1v) is 11.4. The number of carbonyl (C=O) groups excluding carboxylic acids is 1.